The first-order valence-electron chi connectivity index (χ1n) is 6.04. The topological polar surface area (TPSA) is 155 Å². The van der Waals surface area contributed by atoms with Crippen molar-refractivity contribution in [1.29, 1.82) is 0 Å². The van der Waals surface area contributed by atoms with Gasteiger partial charge in [-0.05, 0) is 0 Å². The smallest absolute Gasteiger partial charge is 0.371 e. The van der Waals surface area contributed by atoms with Crippen LogP contribution in [0, 0.1) is 0 Å². The van der Waals surface area contributed by atoms with Crippen LogP contribution in [-0.2, 0) is 0 Å². The standard InChI is InChI=1S/C14H6O9/c15-4-1-7-11(6(17)3-8(22-7)13(18)19)12-10(4)5(16)2-9(23-12)14(20)21/h1-3,15H,(H,18,19)(H,20,21). The van der Waals surface area contributed by atoms with Crippen LogP contribution in [0.5, 0.6) is 5.75 Å². The summed E-state index contributed by atoms with van der Waals surface area (Å²) in [5.74, 6) is -5.12. The van der Waals surface area contributed by atoms with E-state index in [-0.39, 0.29) is 11.0 Å². The molecule has 0 spiro atoms. The van der Waals surface area contributed by atoms with Crippen molar-refractivity contribution >= 4 is 33.9 Å². The molecule has 3 aromatic rings. The first-order valence-corrected chi connectivity index (χ1v) is 6.04. The molecule has 0 aliphatic carbocycles. The van der Waals surface area contributed by atoms with Gasteiger partial charge in [-0.15, -0.1) is 0 Å². The maximum Gasteiger partial charge on any atom is 0.371 e. The molecule has 0 saturated carbocycles. The van der Waals surface area contributed by atoms with Gasteiger partial charge in [0.05, 0.1) is 0 Å². The maximum atomic E-state index is 12.1. The first kappa shape index (κ1) is 14.3. The molecule has 23 heavy (non-hydrogen) atoms. The second-order valence-corrected chi connectivity index (χ2v) is 4.53. The van der Waals surface area contributed by atoms with Gasteiger partial charge in [-0.2, -0.15) is 0 Å². The number of hydrogen-bond donors (Lipinski definition) is 3. The van der Waals surface area contributed by atoms with E-state index in [1.165, 1.54) is 0 Å². The number of fused-ring (bicyclic) bond motifs is 3. The first-order chi connectivity index (χ1) is 10.8. The lowest BCUT2D eigenvalue weighted by Crippen LogP contribution is -2.10. The van der Waals surface area contributed by atoms with Crippen LogP contribution in [0.3, 0.4) is 0 Å². The number of benzene rings is 1. The Morgan fingerprint density at radius 1 is 0.826 bits per heavy atom. The van der Waals surface area contributed by atoms with Gasteiger partial charge in [-0.25, -0.2) is 9.59 Å². The molecule has 9 nitrogen and oxygen atoms in total. The fourth-order valence-corrected chi connectivity index (χ4v) is 2.16. The highest BCUT2D eigenvalue weighted by atomic mass is 16.4. The lowest BCUT2D eigenvalue weighted by molar-refractivity contribution is 0.0654. The van der Waals surface area contributed by atoms with Crippen molar-refractivity contribution in [3.63, 3.8) is 0 Å². The fraction of sp³-hybridized carbons (Fsp3) is 0. The van der Waals surface area contributed by atoms with E-state index in [1.54, 1.807) is 0 Å². The van der Waals surface area contributed by atoms with Gasteiger partial charge in [0, 0.05) is 18.2 Å². The molecule has 9 heteroatoms. The second kappa shape index (κ2) is 4.70. The number of carbonyl (C=O) groups is 2. The minimum atomic E-state index is -1.55. The molecule has 2 aromatic heterocycles. The highest BCUT2D eigenvalue weighted by molar-refractivity contribution is 6.06. The fourth-order valence-electron chi connectivity index (χ4n) is 2.16. The Balaban J connectivity index is 2.61. The maximum absolute atomic E-state index is 12.1. The van der Waals surface area contributed by atoms with Crippen molar-refractivity contribution in [2.75, 3.05) is 0 Å². The van der Waals surface area contributed by atoms with E-state index >= 15 is 0 Å². The molecule has 1 aromatic carbocycles. The molecule has 0 aliphatic heterocycles. The van der Waals surface area contributed by atoms with Crippen molar-refractivity contribution in [3.8, 4) is 5.75 Å². The highest BCUT2D eigenvalue weighted by Gasteiger charge is 2.20. The van der Waals surface area contributed by atoms with E-state index in [4.69, 9.17) is 19.0 Å². The van der Waals surface area contributed by atoms with Gasteiger partial charge in [0.1, 0.15) is 22.1 Å². The number of hydrogen-bond acceptors (Lipinski definition) is 7. The van der Waals surface area contributed by atoms with E-state index in [1.807, 2.05) is 0 Å². The van der Waals surface area contributed by atoms with Gasteiger partial charge >= 0.3 is 11.9 Å². The summed E-state index contributed by atoms with van der Waals surface area (Å²) in [6.45, 7) is 0. The molecule has 3 N–H and O–H groups in total. The average Bonchev–Trinajstić information content (AvgIpc) is 2.45. The number of carboxylic acids is 2. The number of carboxylic acid groups (broad SMARTS) is 2. The largest absolute Gasteiger partial charge is 0.507 e. The van der Waals surface area contributed by atoms with Crippen LogP contribution in [0.1, 0.15) is 21.1 Å². The van der Waals surface area contributed by atoms with Crippen LogP contribution in [0.2, 0.25) is 0 Å². The Labute approximate surface area is 124 Å². The summed E-state index contributed by atoms with van der Waals surface area (Å²) >= 11 is 0. The normalized spacial score (nSPS) is 11.0. The van der Waals surface area contributed by atoms with E-state index in [0.29, 0.717) is 12.1 Å². The SMILES string of the molecule is O=C(O)c1cc(=O)c2c(cc(O)c3c(=O)cc(C(=O)O)oc32)o1. The summed E-state index contributed by atoms with van der Waals surface area (Å²) in [6.07, 6.45) is 0. The molecule has 0 atom stereocenters. The molecule has 0 unspecified atom stereocenters. The van der Waals surface area contributed by atoms with Crippen LogP contribution in [0.4, 0.5) is 0 Å². The molecular weight excluding hydrogens is 312 g/mol. The summed E-state index contributed by atoms with van der Waals surface area (Å²) in [5.41, 5.74) is -2.58. The molecule has 0 aliphatic rings. The van der Waals surface area contributed by atoms with Gasteiger partial charge in [-0.1, -0.05) is 0 Å². The van der Waals surface area contributed by atoms with Gasteiger partial charge in [0.2, 0.25) is 11.5 Å². The highest BCUT2D eigenvalue weighted by Crippen LogP contribution is 2.30. The minimum Gasteiger partial charge on any atom is -0.507 e. The lowest BCUT2D eigenvalue weighted by Gasteiger charge is -2.05. The van der Waals surface area contributed by atoms with E-state index in [9.17, 15) is 24.3 Å². The zero-order valence-corrected chi connectivity index (χ0v) is 11.0. The number of rotatable bonds is 2. The van der Waals surface area contributed by atoms with E-state index in [2.05, 4.69) is 0 Å². The zero-order valence-electron chi connectivity index (χ0n) is 11.0. The van der Waals surface area contributed by atoms with Crippen LogP contribution in [0.15, 0.2) is 36.6 Å². The van der Waals surface area contributed by atoms with Crippen molar-refractivity contribution in [2.45, 2.75) is 0 Å². The van der Waals surface area contributed by atoms with Crippen LogP contribution in [0.25, 0.3) is 21.9 Å². The monoisotopic (exact) mass is 318 g/mol. The summed E-state index contributed by atoms with van der Waals surface area (Å²) in [5, 5.41) is 26.9. The lowest BCUT2D eigenvalue weighted by atomic mass is 10.1. The number of phenolic OH excluding ortho intramolecular Hbond substituents is 1. The molecular formula is C14H6O9. The Morgan fingerprint density at radius 2 is 1.35 bits per heavy atom. The predicted octanol–water partition coefficient (Wildman–Crippen LogP) is 1.00. The third kappa shape index (κ3) is 2.11. The van der Waals surface area contributed by atoms with Gasteiger partial charge in [-0.3, -0.25) is 9.59 Å². The van der Waals surface area contributed by atoms with Crippen molar-refractivity contribution in [2.24, 2.45) is 0 Å². The van der Waals surface area contributed by atoms with Crippen LogP contribution < -0.4 is 10.9 Å². The van der Waals surface area contributed by atoms with Crippen molar-refractivity contribution < 1.29 is 33.7 Å². The minimum absolute atomic E-state index is 0.344. The number of aromatic hydroxyl groups is 1. The van der Waals surface area contributed by atoms with Gasteiger partial charge in [0.25, 0.3) is 0 Å². The molecule has 0 bridgehead atoms. The van der Waals surface area contributed by atoms with Gasteiger partial charge < -0.3 is 24.2 Å². The Kier molecular flexibility index (Phi) is 2.93. The molecule has 0 saturated heterocycles. The van der Waals surface area contributed by atoms with E-state index < -0.39 is 51.0 Å². The number of aromatic carboxylic acids is 2. The quantitative estimate of drug-likeness (QED) is 0.586. The van der Waals surface area contributed by atoms with Crippen molar-refractivity contribution in [1.82, 2.24) is 0 Å². The summed E-state index contributed by atoms with van der Waals surface area (Å²) in [6, 6.07) is 2.21. The average molecular weight is 318 g/mol. The second-order valence-electron chi connectivity index (χ2n) is 4.53. The molecule has 0 amide bonds. The summed E-state index contributed by atoms with van der Waals surface area (Å²) in [4.78, 5) is 45.9. The number of phenols is 1. The molecule has 0 fully saturated rings. The Bertz CT molecular complexity index is 1120. The summed E-state index contributed by atoms with van der Waals surface area (Å²) < 4.78 is 9.98. The van der Waals surface area contributed by atoms with Crippen LogP contribution in [-0.4, -0.2) is 27.3 Å². The predicted molar refractivity (Wildman–Crippen MR) is 74.1 cm³/mol. The third-order valence-corrected chi connectivity index (χ3v) is 3.10. The molecule has 2 heterocycles. The van der Waals surface area contributed by atoms with Crippen LogP contribution >= 0.6 is 0 Å². The van der Waals surface area contributed by atoms with Gasteiger partial charge in [0.15, 0.2) is 16.4 Å². The van der Waals surface area contributed by atoms with Crippen molar-refractivity contribution in [3.05, 3.63) is 50.2 Å². The van der Waals surface area contributed by atoms with E-state index in [0.717, 1.165) is 6.07 Å². The molecule has 116 valence electrons. The Hall–Kier alpha value is -3.62. The molecule has 0 radical (unpaired) electrons. The zero-order chi connectivity index (χ0) is 16.9. The molecule has 3 rings (SSSR count). The summed E-state index contributed by atoms with van der Waals surface area (Å²) in [7, 11) is 0. The third-order valence-electron chi connectivity index (χ3n) is 3.10. The Morgan fingerprint density at radius 3 is 1.91 bits per heavy atom.